The van der Waals surface area contributed by atoms with Gasteiger partial charge in [-0.1, -0.05) is 204 Å². The Morgan fingerprint density at radius 1 is 0.290 bits per heavy atom. The van der Waals surface area contributed by atoms with Crippen LogP contribution in [0.3, 0.4) is 0 Å². The Morgan fingerprint density at radius 3 is 1.47 bits per heavy atom. The second-order valence-electron chi connectivity index (χ2n) is 18.4. The molecule has 0 radical (unpaired) electrons. The molecule has 0 unspecified atom stereocenters. The Hall–Kier alpha value is -7.22. The molecule has 296 valence electrons. The zero-order valence-corrected chi connectivity index (χ0v) is 35.7. The van der Waals surface area contributed by atoms with Crippen LogP contribution in [0.4, 0.5) is 17.1 Å². The highest BCUT2D eigenvalue weighted by Gasteiger charge is 2.54. The van der Waals surface area contributed by atoms with Crippen LogP contribution in [0.15, 0.2) is 212 Å². The van der Waals surface area contributed by atoms with Gasteiger partial charge >= 0.3 is 0 Å². The number of anilines is 3. The monoisotopic (exact) mass is 793 g/mol. The van der Waals surface area contributed by atoms with E-state index in [4.69, 9.17) is 0 Å². The highest BCUT2D eigenvalue weighted by Crippen LogP contribution is 2.64. The van der Waals surface area contributed by atoms with Gasteiger partial charge in [0.2, 0.25) is 0 Å². The molecule has 3 aliphatic rings. The van der Waals surface area contributed by atoms with E-state index in [1.165, 1.54) is 94.7 Å². The summed E-state index contributed by atoms with van der Waals surface area (Å²) in [6.45, 7) is 9.59. The molecule has 0 bridgehead atoms. The van der Waals surface area contributed by atoms with Gasteiger partial charge in [0.15, 0.2) is 0 Å². The van der Waals surface area contributed by atoms with Crippen molar-refractivity contribution in [3.63, 3.8) is 0 Å². The van der Waals surface area contributed by atoms with E-state index in [1.807, 2.05) is 0 Å². The molecule has 0 saturated heterocycles. The van der Waals surface area contributed by atoms with Crippen LogP contribution in [0.25, 0.3) is 44.5 Å². The lowest BCUT2D eigenvalue weighted by atomic mass is 9.55. The van der Waals surface area contributed by atoms with Crippen LogP contribution in [0, 0.1) is 0 Å². The number of benzene rings is 9. The molecule has 1 heteroatoms. The van der Waals surface area contributed by atoms with Gasteiger partial charge in [0.05, 0.1) is 11.1 Å². The van der Waals surface area contributed by atoms with E-state index in [9.17, 15) is 0 Å². The minimum Gasteiger partial charge on any atom is -0.310 e. The van der Waals surface area contributed by atoms with Gasteiger partial charge in [0, 0.05) is 22.2 Å². The lowest BCUT2D eigenvalue weighted by Gasteiger charge is -2.48. The first-order chi connectivity index (χ1) is 30.3. The largest absolute Gasteiger partial charge is 0.310 e. The van der Waals surface area contributed by atoms with Crippen LogP contribution in [-0.4, -0.2) is 0 Å². The molecule has 1 nitrogen and oxygen atoms in total. The fourth-order valence-electron chi connectivity index (χ4n) is 11.7. The van der Waals surface area contributed by atoms with E-state index in [-0.39, 0.29) is 10.8 Å². The minimum atomic E-state index is -0.479. The number of nitrogens with zero attached hydrogens (tertiary/aromatic N) is 1. The predicted octanol–water partition coefficient (Wildman–Crippen LogP) is 15.8. The highest BCUT2D eigenvalue weighted by molar-refractivity contribution is 5.92. The van der Waals surface area contributed by atoms with Crippen molar-refractivity contribution >= 4 is 17.1 Å². The van der Waals surface area contributed by atoms with Crippen LogP contribution in [0.1, 0.15) is 72.2 Å². The van der Waals surface area contributed by atoms with Crippen molar-refractivity contribution in [2.24, 2.45) is 0 Å². The minimum absolute atomic E-state index is 0.0576. The molecule has 0 aliphatic heterocycles. The number of hydrogen-bond donors (Lipinski definition) is 0. The molecule has 0 atom stereocenters. The van der Waals surface area contributed by atoms with Crippen molar-refractivity contribution in [3.8, 4) is 44.5 Å². The first-order valence-corrected chi connectivity index (χ1v) is 22.0. The summed E-state index contributed by atoms with van der Waals surface area (Å²) in [5.41, 5.74) is 23.7. The molecule has 0 heterocycles. The third kappa shape index (κ3) is 5.03. The first kappa shape index (κ1) is 36.6. The Bertz CT molecular complexity index is 3190. The molecule has 0 aromatic heterocycles. The van der Waals surface area contributed by atoms with Gasteiger partial charge in [-0.15, -0.1) is 0 Å². The van der Waals surface area contributed by atoms with E-state index in [2.05, 4.69) is 245 Å². The van der Waals surface area contributed by atoms with Gasteiger partial charge < -0.3 is 4.90 Å². The predicted molar refractivity (Wildman–Crippen MR) is 259 cm³/mol. The zero-order chi connectivity index (χ0) is 41.8. The van der Waals surface area contributed by atoms with Crippen LogP contribution < -0.4 is 4.90 Å². The number of rotatable bonds is 5. The summed E-state index contributed by atoms with van der Waals surface area (Å²) in [6, 6.07) is 79.6. The second kappa shape index (κ2) is 13.4. The smallest absolute Gasteiger partial charge is 0.0720 e. The molecule has 1 spiro atoms. The van der Waals surface area contributed by atoms with Gasteiger partial charge in [0.1, 0.15) is 0 Å². The number of hydrogen-bond acceptors (Lipinski definition) is 1. The second-order valence-corrected chi connectivity index (χ2v) is 18.4. The molecule has 0 fully saturated rings. The lowest BCUT2D eigenvalue weighted by molar-refractivity contribution is 0.564. The van der Waals surface area contributed by atoms with Gasteiger partial charge in [-0.2, -0.15) is 0 Å². The Morgan fingerprint density at radius 2 is 0.774 bits per heavy atom. The molecule has 0 N–H and O–H groups in total. The maximum Gasteiger partial charge on any atom is 0.0720 e. The van der Waals surface area contributed by atoms with Crippen molar-refractivity contribution in [2.75, 3.05) is 4.90 Å². The van der Waals surface area contributed by atoms with E-state index in [0.717, 1.165) is 11.4 Å². The Balaban J connectivity index is 1.08. The molecule has 0 saturated carbocycles. The molecule has 3 aliphatic carbocycles. The Labute approximate surface area is 365 Å². The molecule has 12 rings (SSSR count). The van der Waals surface area contributed by atoms with E-state index >= 15 is 0 Å². The van der Waals surface area contributed by atoms with Crippen molar-refractivity contribution in [1.29, 1.82) is 0 Å². The average Bonchev–Trinajstić information content (AvgIpc) is 3.74. The van der Waals surface area contributed by atoms with Gasteiger partial charge in [-0.25, -0.2) is 0 Å². The highest BCUT2D eigenvalue weighted by atomic mass is 15.1. The standard InChI is InChI=1S/C61H47N/c1-59(2)50-25-11-8-22-46(50)49-37-34-43(39-56(49)59)41-32-35-44(36-33-41)62(45-21-16-20-42(38-45)40-18-6-5-7-19-40)57-31-17-30-55-58(57)60(3,4)53-28-14-15-29-54(53)61(55)51-26-12-9-23-47(51)48-24-10-13-27-52(48)61/h5-39H,1-4H3. The van der Waals surface area contributed by atoms with E-state index < -0.39 is 5.41 Å². The third-order valence-corrected chi connectivity index (χ3v) is 14.5. The SMILES string of the molecule is CC1(C)c2ccccc2-c2ccc(-c3ccc(N(c4cccc(-c5ccccc5)c4)c4cccc5c4C(C)(C)c4ccccc4C54c5ccccc5-c5ccccc54)cc3)cc21. The van der Waals surface area contributed by atoms with Crippen molar-refractivity contribution in [3.05, 3.63) is 257 Å². The third-order valence-electron chi connectivity index (χ3n) is 14.5. The van der Waals surface area contributed by atoms with Gasteiger partial charge in [0.25, 0.3) is 0 Å². The Kier molecular flexibility index (Phi) is 7.91. The molecular weight excluding hydrogens is 747 g/mol. The van der Waals surface area contributed by atoms with Crippen LogP contribution in [0.2, 0.25) is 0 Å². The fourth-order valence-corrected chi connectivity index (χ4v) is 11.7. The van der Waals surface area contributed by atoms with Crippen LogP contribution in [-0.2, 0) is 16.2 Å². The molecule has 62 heavy (non-hydrogen) atoms. The van der Waals surface area contributed by atoms with Gasteiger partial charge in [-0.3, -0.25) is 0 Å². The molecule has 9 aromatic carbocycles. The zero-order valence-electron chi connectivity index (χ0n) is 35.7. The van der Waals surface area contributed by atoms with Gasteiger partial charge in [-0.05, 0) is 125 Å². The molecular formula is C61H47N. The lowest BCUT2D eigenvalue weighted by Crippen LogP contribution is -2.41. The molecule has 9 aromatic rings. The summed E-state index contributed by atoms with van der Waals surface area (Å²) >= 11 is 0. The average molecular weight is 794 g/mol. The van der Waals surface area contributed by atoms with Crippen LogP contribution >= 0.6 is 0 Å². The van der Waals surface area contributed by atoms with Crippen molar-refractivity contribution in [1.82, 2.24) is 0 Å². The maximum atomic E-state index is 2.52. The van der Waals surface area contributed by atoms with E-state index in [0.29, 0.717) is 0 Å². The van der Waals surface area contributed by atoms with E-state index in [1.54, 1.807) is 0 Å². The number of fused-ring (bicyclic) bond motifs is 12. The summed E-state index contributed by atoms with van der Waals surface area (Å²) in [5.74, 6) is 0. The quantitative estimate of drug-likeness (QED) is 0.168. The summed E-state index contributed by atoms with van der Waals surface area (Å²) in [5, 5.41) is 0. The topological polar surface area (TPSA) is 3.24 Å². The fraction of sp³-hybridized carbons (Fsp3) is 0.115. The normalized spacial score (nSPS) is 15.2. The summed E-state index contributed by atoms with van der Waals surface area (Å²) in [6.07, 6.45) is 0. The van der Waals surface area contributed by atoms with Crippen molar-refractivity contribution in [2.45, 2.75) is 43.9 Å². The summed E-state index contributed by atoms with van der Waals surface area (Å²) < 4.78 is 0. The molecule has 0 amide bonds. The summed E-state index contributed by atoms with van der Waals surface area (Å²) in [4.78, 5) is 2.52. The summed E-state index contributed by atoms with van der Waals surface area (Å²) in [7, 11) is 0. The van der Waals surface area contributed by atoms with Crippen molar-refractivity contribution < 1.29 is 0 Å². The first-order valence-electron chi connectivity index (χ1n) is 22.0. The maximum absolute atomic E-state index is 2.52. The van der Waals surface area contributed by atoms with Crippen LogP contribution in [0.5, 0.6) is 0 Å².